The van der Waals surface area contributed by atoms with Gasteiger partial charge in [0.25, 0.3) is 0 Å². The van der Waals surface area contributed by atoms with Gasteiger partial charge in [0.15, 0.2) is 0 Å². The van der Waals surface area contributed by atoms with Crippen LogP contribution in [0.3, 0.4) is 0 Å². The van der Waals surface area contributed by atoms with Crippen LogP contribution in [-0.4, -0.2) is 5.11 Å². The van der Waals surface area contributed by atoms with E-state index >= 15 is 0 Å². The van der Waals surface area contributed by atoms with Gasteiger partial charge < -0.3 is 5.11 Å². The van der Waals surface area contributed by atoms with Crippen LogP contribution in [0.4, 0.5) is 0 Å². The maximum atomic E-state index is 9.74. The molecular weight excluding hydrogens is 196 g/mol. The molecule has 1 aromatic carbocycles. The van der Waals surface area contributed by atoms with Crippen LogP contribution in [0.2, 0.25) is 0 Å². The van der Waals surface area contributed by atoms with Gasteiger partial charge in [-0.05, 0) is 48.8 Å². The second-order valence-electron chi connectivity index (χ2n) is 5.00. The predicted molar refractivity (Wildman–Crippen MR) is 69.9 cm³/mol. The van der Waals surface area contributed by atoms with E-state index in [1.54, 1.807) is 0 Å². The van der Waals surface area contributed by atoms with Gasteiger partial charge in [0, 0.05) is 0 Å². The van der Waals surface area contributed by atoms with Crippen LogP contribution < -0.4 is 0 Å². The van der Waals surface area contributed by atoms with Crippen LogP contribution >= 0.6 is 0 Å². The lowest BCUT2D eigenvalue weighted by Crippen LogP contribution is -1.94. The third-order valence-corrected chi connectivity index (χ3v) is 2.95. The van der Waals surface area contributed by atoms with E-state index in [0.717, 1.165) is 30.7 Å². The molecule has 0 aliphatic rings. The molecule has 0 aromatic heterocycles. The van der Waals surface area contributed by atoms with E-state index in [-0.39, 0.29) is 0 Å². The molecular formula is C15H24O. The molecule has 0 radical (unpaired) electrons. The van der Waals surface area contributed by atoms with E-state index in [9.17, 15) is 5.11 Å². The maximum Gasteiger partial charge on any atom is 0.118 e. The smallest absolute Gasteiger partial charge is 0.118 e. The third-order valence-electron chi connectivity index (χ3n) is 2.95. The average Bonchev–Trinajstić information content (AvgIpc) is 2.26. The zero-order valence-electron chi connectivity index (χ0n) is 10.8. The van der Waals surface area contributed by atoms with Crippen molar-refractivity contribution in [3.8, 4) is 5.75 Å². The number of aromatic hydroxyl groups is 1. The monoisotopic (exact) mass is 220 g/mol. The summed E-state index contributed by atoms with van der Waals surface area (Å²) in [6, 6.07) is 6.07. The van der Waals surface area contributed by atoms with E-state index in [0.29, 0.717) is 5.75 Å². The van der Waals surface area contributed by atoms with Gasteiger partial charge in [-0.15, -0.1) is 0 Å². The van der Waals surface area contributed by atoms with Crippen molar-refractivity contribution in [3.05, 3.63) is 29.3 Å². The predicted octanol–water partition coefficient (Wildman–Crippen LogP) is 4.32. The first-order valence-electron chi connectivity index (χ1n) is 6.44. The van der Waals surface area contributed by atoms with Gasteiger partial charge in [-0.2, -0.15) is 0 Å². The lowest BCUT2D eigenvalue weighted by Gasteiger charge is -2.08. The lowest BCUT2D eigenvalue weighted by molar-refractivity contribution is 0.466. The van der Waals surface area contributed by atoms with Gasteiger partial charge in [-0.25, -0.2) is 0 Å². The summed E-state index contributed by atoms with van der Waals surface area (Å²) in [6.07, 6.45) is 5.67. The van der Waals surface area contributed by atoms with Crippen LogP contribution in [0.1, 0.15) is 51.2 Å². The minimum Gasteiger partial charge on any atom is -0.508 e. The van der Waals surface area contributed by atoms with Gasteiger partial charge >= 0.3 is 0 Å². The second kappa shape index (κ2) is 6.57. The molecule has 0 aliphatic carbocycles. The molecule has 16 heavy (non-hydrogen) atoms. The number of benzene rings is 1. The molecule has 0 saturated heterocycles. The Hall–Kier alpha value is -0.980. The number of aryl methyl sites for hydroxylation is 2. The van der Waals surface area contributed by atoms with Crippen molar-refractivity contribution in [2.24, 2.45) is 5.92 Å². The van der Waals surface area contributed by atoms with Crippen LogP contribution in [0.15, 0.2) is 18.2 Å². The fourth-order valence-corrected chi connectivity index (χ4v) is 1.82. The fraction of sp³-hybridized carbons (Fsp3) is 0.600. The van der Waals surface area contributed by atoms with Crippen molar-refractivity contribution < 1.29 is 5.11 Å². The number of phenolic OH excluding ortho intramolecular Hbond substituents is 1. The Morgan fingerprint density at radius 3 is 2.56 bits per heavy atom. The van der Waals surface area contributed by atoms with E-state index in [1.165, 1.54) is 18.4 Å². The summed E-state index contributed by atoms with van der Waals surface area (Å²) in [5.74, 6) is 1.20. The second-order valence-corrected chi connectivity index (χ2v) is 5.00. The van der Waals surface area contributed by atoms with Gasteiger partial charge in [0.2, 0.25) is 0 Å². The first kappa shape index (κ1) is 13.1. The molecule has 0 unspecified atom stereocenters. The topological polar surface area (TPSA) is 20.2 Å². The van der Waals surface area contributed by atoms with Crippen LogP contribution in [0, 0.1) is 5.92 Å². The van der Waals surface area contributed by atoms with Crippen molar-refractivity contribution in [1.82, 2.24) is 0 Å². The Balaban J connectivity index is 2.65. The van der Waals surface area contributed by atoms with E-state index < -0.39 is 0 Å². The van der Waals surface area contributed by atoms with E-state index in [4.69, 9.17) is 0 Å². The quantitative estimate of drug-likeness (QED) is 0.756. The summed E-state index contributed by atoms with van der Waals surface area (Å²) >= 11 is 0. The SMILES string of the molecule is CCCCc1cc(CCC(C)C)ccc1O. The number of unbranched alkanes of at least 4 members (excludes halogenated alkanes) is 1. The first-order chi connectivity index (χ1) is 7.63. The summed E-state index contributed by atoms with van der Waals surface area (Å²) in [6.45, 7) is 6.68. The van der Waals surface area contributed by atoms with Gasteiger partial charge in [0.1, 0.15) is 5.75 Å². The van der Waals surface area contributed by atoms with Crippen molar-refractivity contribution in [1.29, 1.82) is 0 Å². The Kier molecular flexibility index (Phi) is 5.37. The molecule has 0 aliphatic heterocycles. The Morgan fingerprint density at radius 2 is 1.94 bits per heavy atom. The zero-order valence-corrected chi connectivity index (χ0v) is 10.8. The van der Waals surface area contributed by atoms with Crippen LogP contribution in [-0.2, 0) is 12.8 Å². The number of hydrogen-bond donors (Lipinski definition) is 1. The highest BCUT2D eigenvalue weighted by atomic mass is 16.3. The number of phenols is 1. The number of rotatable bonds is 6. The Bertz CT molecular complexity index is 315. The standard InChI is InChI=1S/C15H24O/c1-4-5-6-14-11-13(8-7-12(2)3)9-10-15(14)16/h9-12,16H,4-8H2,1-3H3. The summed E-state index contributed by atoms with van der Waals surface area (Å²) in [4.78, 5) is 0. The van der Waals surface area contributed by atoms with E-state index in [2.05, 4.69) is 26.8 Å². The fourth-order valence-electron chi connectivity index (χ4n) is 1.82. The molecule has 90 valence electrons. The van der Waals surface area contributed by atoms with Gasteiger partial charge in [0.05, 0.1) is 0 Å². The van der Waals surface area contributed by atoms with Crippen LogP contribution in [0.5, 0.6) is 5.75 Å². The van der Waals surface area contributed by atoms with Crippen molar-refractivity contribution in [3.63, 3.8) is 0 Å². The molecule has 0 heterocycles. The summed E-state index contributed by atoms with van der Waals surface area (Å²) in [5, 5.41) is 9.74. The summed E-state index contributed by atoms with van der Waals surface area (Å²) < 4.78 is 0. The highest BCUT2D eigenvalue weighted by Gasteiger charge is 2.03. The lowest BCUT2D eigenvalue weighted by atomic mass is 9.99. The molecule has 1 aromatic rings. The molecule has 0 amide bonds. The van der Waals surface area contributed by atoms with E-state index in [1.807, 2.05) is 12.1 Å². The van der Waals surface area contributed by atoms with Crippen molar-refractivity contribution in [2.75, 3.05) is 0 Å². The first-order valence-corrected chi connectivity index (χ1v) is 6.44. The number of hydrogen-bond acceptors (Lipinski definition) is 1. The molecule has 1 nitrogen and oxygen atoms in total. The third kappa shape index (κ3) is 4.26. The highest BCUT2D eigenvalue weighted by molar-refractivity contribution is 5.36. The minimum atomic E-state index is 0.460. The molecule has 0 spiro atoms. The average molecular weight is 220 g/mol. The Morgan fingerprint density at radius 1 is 1.19 bits per heavy atom. The molecule has 1 rings (SSSR count). The van der Waals surface area contributed by atoms with Crippen molar-refractivity contribution >= 4 is 0 Å². The summed E-state index contributed by atoms with van der Waals surface area (Å²) in [7, 11) is 0. The summed E-state index contributed by atoms with van der Waals surface area (Å²) in [5.41, 5.74) is 2.47. The molecule has 1 heteroatoms. The van der Waals surface area contributed by atoms with Crippen LogP contribution in [0.25, 0.3) is 0 Å². The molecule has 0 bridgehead atoms. The highest BCUT2D eigenvalue weighted by Crippen LogP contribution is 2.22. The van der Waals surface area contributed by atoms with Crippen molar-refractivity contribution in [2.45, 2.75) is 52.9 Å². The zero-order chi connectivity index (χ0) is 12.0. The normalized spacial score (nSPS) is 11.0. The molecule has 1 N–H and O–H groups in total. The Labute approximate surface area is 99.5 Å². The van der Waals surface area contributed by atoms with Gasteiger partial charge in [-0.1, -0.05) is 39.3 Å². The largest absolute Gasteiger partial charge is 0.508 e. The molecule has 0 fully saturated rings. The molecule has 0 saturated carbocycles. The molecule has 0 atom stereocenters. The maximum absolute atomic E-state index is 9.74. The minimum absolute atomic E-state index is 0.460. The van der Waals surface area contributed by atoms with Gasteiger partial charge in [-0.3, -0.25) is 0 Å².